The molecule has 3 rings (SSSR count). The van der Waals surface area contributed by atoms with Crippen LogP contribution in [-0.2, 0) is 0 Å². The average molecular weight is 324 g/mol. The first kappa shape index (κ1) is 17.0. The standard InChI is InChI=1S/C21H28N2O/c1-3-7-21(22-18-14-15-23(2)16-18)17-10-12-20(13-11-17)24-19-8-5-4-6-9-19/h4-6,8-13,18,21-22H,3,7,14-16H2,1-2H3. The van der Waals surface area contributed by atoms with Gasteiger partial charge in [-0.3, -0.25) is 0 Å². The second-order valence-corrected chi connectivity index (χ2v) is 6.74. The lowest BCUT2D eigenvalue weighted by molar-refractivity contribution is 0.374. The third kappa shape index (κ3) is 4.59. The molecule has 2 atom stereocenters. The molecular formula is C21H28N2O. The second-order valence-electron chi connectivity index (χ2n) is 6.74. The van der Waals surface area contributed by atoms with Gasteiger partial charge in [-0.15, -0.1) is 0 Å². The summed E-state index contributed by atoms with van der Waals surface area (Å²) in [5, 5.41) is 3.85. The second kappa shape index (κ2) is 8.32. The van der Waals surface area contributed by atoms with E-state index in [1.165, 1.54) is 31.4 Å². The van der Waals surface area contributed by atoms with Crippen molar-refractivity contribution in [2.45, 2.75) is 38.3 Å². The van der Waals surface area contributed by atoms with E-state index in [0.717, 1.165) is 18.0 Å². The van der Waals surface area contributed by atoms with Crippen molar-refractivity contribution < 1.29 is 4.74 Å². The Morgan fingerprint density at radius 3 is 2.42 bits per heavy atom. The van der Waals surface area contributed by atoms with Gasteiger partial charge < -0.3 is 15.0 Å². The van der Waals surface area contributed by atoms with Crippen LogP contribution in [0.25, 0.3) is 0 Å². The highest BCUT2D eigenvalue weighted by atomic mass is 16.5. The number of hydrogen-bond donors (Lipinski definition) is 1. The molecule has 0 aliphatic carbocycles. The van der Waals surface area contributed by atoms with E-state index in [-0.39, 0.29) is 0 Å². The van der Waals surface area contributed by atoms with Crippen LogP contribution < -0.4 is 10.1 Å². The molecule has 1 aliphatic heterocycles. The molecule has 2 unspecified atom stereocenters. The monoisotopic (exact) mass is 324 g/mol. The van der Waals surface area contributed by atoms with E-state index in [4.69, 9.17) is 4.74 Å². The fourth-order valence-electron chi connectivity index (χ4n) is 3.38. The Bertz CT molecular complexity index is 611. The molecule has 1 aliphatic rings. The van der Waals surface area contributed by atoms with Crippen LogP contribution in [0.2, 0.25) is 0 Å². The van der Waals surface area contributed by atoms with E-state index >= 15 is 0 Å². The third-order valence-electron chi connectivity index (χ3n) is 4.67. The van der Waals surface area contributed by atoms with Gasteiger partial charge in [-0.05, 0) is 56.3 Å². The Morgan fingerprint density at radius 1 is 1.08 bits per heavy atom. The lowest BCUT2D eigenvalue weighted by atomic mass is 10.0. The van der Waals surface area contributed by atoms with Crippen molar-refractivity contribution in [1.29, 1.82) is 0 Å². The number of likely N-dealkylation sites (N-methyl/N-ethyl adjacent to an activating group) is 1. The van der Waals surface area contributed by atoms with Crippen LogP contribution >= 0.6 is 0 Å². The van der Waals surface area contributed by atoms with Gasteiger partial charge in [0.05, 0.1) is 0 Å². The van der Waals surface area contributed by atoms with Crippen LogP contribution in [0, 0.1) is 0 Å². The molecule has 3 nitrogen and oxygen atoms in total. The summed E-state index contributed by atoms with van der Waals surface area (Å²) in [5.74, 6) is 1.77. The SMILES string of the molecule is CCCC(NC1CCN(C)C1)c1ccc(Oc2ccccc2)cc1. The Hall–Kier alpha value is -1.84. The van der Waals surface area contributed by atoms with Crippen LogP contribution in [0.5, 0.6) is 11.5 Å². The minimum Gasteiger partial charge on any atom is -0.457 e. The summed E-state index contributed by atoms with van der Waals surface area (Å²) in [4.78, 5) is 2.40. The predicted octanol–water partition coefficient (Wildman–Crippen LogP) is 4.61. The summed E-state index contributed by atoms with van der Waals surface area (Å²) in [6.07, 6.45) is 3.59. The molecule has 0 spiro atoms. The molecule has 2 aromatic carbocycles. The van der Waals surface area contributed by atoms with Crippen LogP contribution in [0.4, 0.5) is 0 Å². The molecule has 1 N–H and O–H groups in total. The lowest BCUT2D eigenvalue weighted by Gasteiger charge is -2.23. The van der Waals surface area contributed by atoms with E-state index in [1.54, 1.807) is 0 Å². The molecule has 1 heterocycles. The number of nitrogens with zero attached hydrogens (tertiary/aromatic N) is 1. The minimum absolute atomic E-state index is 0.428. The summed E-state index contributed by atoms with van der Waals surface area (Å²) in [5.41, 5.74) is 1.35. The molecule has 1 saturated heterocycles. The summed E-state index contributed by atoms with van der Waals surface area (Å²) >= 11 is 0. The van der Waals surface area contributed by atoms with Gasteiger partial charge in [-0.2, -0.15) is 0 Å². The molecule has 0 radical (unpaired) electrons. The first-order chi connectivity index (χ1) is 11.7. The topological polar surface area (TPSA) is 24.5 Å². The van der Waals surface area contributed by atoms with Crippen molar-refractivity contribution in [2.24, 2.45) is 0 Å². The normalized spacial score (nSPS) is 19.3. The number of likely N-dealkylation sites (tertiary alicyclic amines) is 1. The van der Waals surface area contributed by atoms with Crippen LogP contribution in [-0.4, -0.2) is 31.1 Å². The van der Waals surface area contributed by atoms with Gasteiger partial charge >= 0.3 is 0 Å². The average Bonchev–Trinajstić information content (AvgIpc) is 3.01. The van der Waals surface area contributed by atoms with Gasteiger partial charge in [0.15, 0.2) is 0 Å². The van der Waals surface area contributed by atoms with Gasteiger partial charge in [-0.25, -0.2) is 0 Å². The number of benzene rings is 2. The summed E-state index contributed by atoms with van der Waals surface area (Å²) in [7, 11) is 2.20. The molecule has 24 heavy (non-hydrogen) atoms. The van der Waals surface area contributed by atoms with E-state index < -0.39 is 0 Å². The molecular weight excluding hydrogens is 296 g/mol. The highest BCUT2D eigenvalue weighted by molar-refractivity contribution is 5.34. The van der Waals surface area contributed by atoms with Crippen LogP contribution in [0.15, 0.2) is 54.6 Å². The lowest BCUT2D eigenvalue weighted by Crippen LogP contribution is -2.34. The van der Waals surface area contributed by atoms with Crippen LogP contribution in [0.3, 0.4) is 0 Å². The van der Waals surface area contributed by atoms with Crippen molar-refractivity contribution >= 4 is 0 Å². The smallest absolute Gasteiger partial charge is 0.127 e. The largest absolute Gasteiger partial charge is 0.457 e. The number of nitrogens with one attached hydrogen (secondary N) is 1. The highest BCUT2D eigenvalue weighted by Gasteiger charge is 2.22. The minimum atomic E-state index is 0.428. The molecule has 0 aromatic heterocycles. The Labute approximate surface area is 145 Å². The first-order valence-corrected chi connectivity index (χ1v) is 9.02. The third-order valence-corrected chi connectivity index (χ3v) is 4.67. The van der Waals surface area contributed by atoms with E-state index in [1.807, 2.05) is 30.3 Å². The van der Waals surface area contributed by atoms with E-state index in [0.29, 0.717) is 12.1 Å². The van der Waals surface area contributed by atoms with E-state index in [9.17, 15) is 0 Å². The molecule has 3 heteroatoms. The molecule has 0 amide bonds. The zero-order chi connectivity index (χ0) is 16.8. The van der Waals surface area contributed by atoms with Crippen molar-refractivity contribution in [3.8, 4) is 11.5 Å². The summed E-state index contributed by atoms with van der Waals surface area (Å²) in [6, 6.07) is 19.5. The quantitative estimate of drug-likeness (QED) is 0.804. The maximum absolute atomic E-state index is 5.89. The first-order valence-electron chi connectivity index (χ1n) is 9.02. The Morgan fingerprint density at radius 2 is 1.79 bits per heavy atom. The van der Waals surface area contributed by atoms with Crippen LogP contribution in [0.1, 0.15) is 37.8 Å². The molecule has 0 saturated carbocycles. The number of para-hydroxylation sites is 1. The molecule has 128 valence electrons. The van der Waals surface area contributed by atoms with Crippen molar-refractivity contribution in [3.05, 3.63) is 60.2 Å². The maximum Gasteiger partial charge on any atom is 0.127 e. The van der Waals surface area contributed by atoms with Crippen molar-refractivity contribution in [1.82, 2.24) is 10.2 Å². The summed E-state index contributed by atoms with van der Waals surface area (Å²) in [6.45, 7) is 4.60. The fourth-order valence-corrected chi connectivity index (χ4v) is 3.38. The number of ether oxygens (including phenoxy) is 1. The Kier molecular flexibility index (Phi) is 5.89. The zero-order valence-electron chi connectivity index (χ0n) is 14.7. The van der Waals surface area contributed by atoms with Gasteiger partial charge in [0, 0.05) is 18.6 Å². The molecule has 1 fully saturated rings. The highest BCUT2D eigenvalue weighted by Crippen LogP contribution is 2.26. The van der Waals surface area contributed by atoms with Gasteiger partial charge in [-0.1, -0.05) is 43.7 Å². The van der Waals surface area contributed by atoms with Gasteiger partial charge in [0.25, 0.3) is 0 Å². The fraction of sp³-hybridized carbons (Fsp3) is 0.429. The van der Waals surface area contributed by atoms with E-state index in [2.05, 4.69) is 48.5 Å². The Balaban J connectivity index is 1.65. The van der Waals surface area contributed by atoms with Gasteiger partial charge in [0.1, 0.15) is 11.5 Å². The number of rotatable bonds is 7. The molecule has 0 bridgehead atoms. The zero-order valence-corrected chi connectivity index (χ0v) is 14.7. The maximum atomic E-state index is 5.89. The summed E-state index contributed by atoms with van der Waals surface area (Å²) < 4.78 is 5.89. The van der Waals surface area contributed by atoms with Crippen molar-refractivity contribution in [3.63, 3.8) is 0 Å². The van der Waals surface area contributed by atoms with Crippen molar-refractivity contribution in [2.75, 3.05) is 20.1 Å². The van der Waals surface area contributed by atoms with Gasteiger partial charge in [0.2, 0.25) is 0 Å². The molecule has 2 aromatic rings. The predicted molar refractivity (Wildman–Crippen MR) is 99.6 cm³/mol. The number of hydrogen-bond acceptors (Lipinski definition) is 3.